The molecule has 2 saturated carbocycles. The molecule has 1 aliphatic heterocycles. The highest BCUT2D eigenvalue weighted by atomic mass is 16.5. The van der Waals surface area contributed by atoms with Crippen LogP contribution in [0, 0.1) is 16.7 Å². The van der Waals surface area contributed by atoms with E-state index in [1.807, 2.05) is 0 Å². The van der Waals surface area contributed by atoms with Gasteiger partial charge in [-0.25, -0.2) is 4.79 Å². The predicted octanol–water partition coefficient (Wildman–Crippen LogP) is 2.22. The zero-order valence-corrected chi connectivity index (χ0v) is 14.0. The Morgan fingerprint density at radius 2 is 1.95 bits per heavy atom. The summed E-state index contributed by atoms with van der Waals surface area (Å²) >= 11 is 0. The Hall–Kier alpha value is -0.610. The van der Waals surface area contributed by atoms with Gasteiger partial charge in [0.2, 0.25) is 0 Å². The van der Waals surface area contributed by atoms with Gasteiger partial charge in [-0.15, -0.1) is 0 Å². The lowest BCUT2D eigenvalue weighted by Gasteiger charge is -2.40. The highest BCUT2D eigenvalue weighted by molar-refractivity contribution is 5.71. The zero-order valence-electron chi connectivity index (χ0n) is 14.0. The van der Waals surface area contributed by atoms with Crippen LogP contribution in [-0.4, -0.2) is 56.5 Å². The van der Waals surface area contributed by atoms with E-state index in [2.05, 4.69) is 27.8 Å². The molecule has 0 aromatic heterocycles. The minimum Gasteiger partial charge on any atom is -0.458 e. The van der Waals surface area contributed by atoms with Gasteiger partial charge in [-0.1, -0.05) is 20.8 Å². The summed E-state index contributed by atoms with van der Waals surface area (Å²) in [5.41, 5.74) is 0.465. The monoisotopic (exact) mass is 296 g/mol. The number of carbonyl (C=O) groups excluding carboxylic acids is 1. The number of fused-ring (bicyclic) bond motifs is 2. The number of nitrogens with zero attached hydrogens (tertiary/aromatic N) is 1. The fraction of sp³-hybridized carbons (Fsp3) is 0.941. The number of likely N-dealkylation sites (N-methyl/N-ethyl adjacent to an activating group) is 1. The van der Waals surface area contributed by atoms with Crippen molar-refractivity contribution in [2.24, 2.45) is 16.7 Å². The number of quaternary nitrogens is 1. The molecular formula is C17H30NO3+. The average molecular weight is 296 g/mol. The quantitative estimate of drug-likeness (QED) is 0.592. The smallest absolute Gasteiger partial charge is 0.362 e. The molecule has 3 atom stereocenters. The van der Waals surface area contributed by atoms with Crippen molar-refractivity contribution in [2.75, 3.05) is 39.9 Å². The van der Waals surface area contributed by atoms with Gasteiger partial charge in [-0.05, 0) is 30.6 Å². The maximum atomic E-state index is 12.4. The molecule has 4 nitrogen and oxygen atoms in total. The minimum atomic E-state index is -0.0195. The number of hydrogen-bond acceptors (Lipinski definition) is 3. The van der Waals surface area contributed by atoms with Crippen molar-refractivity contribution < 1.29 is 18.8 Å². The molecule has 0 spiro atoms. The fourth-order valence-electron chi connectivity index (χ4n) is 4.76. The van der Waals surface area contributed by atoms with Crippen molar-refractivity contribution in [3.63, 3.8) is 0 Å². The molecule has 0 amide bonds. The highest BCUT2D eigenvalue weighted by Gasteiger charge is 2.63. The summed E-state index contributed by atoms with van der Waals surface area (Å²) < 4.78 is 12.1. The molecule has 3 rings (SSSR count). The van der Waals surface area contributed by atoms with Crippen LogP contribution in [0.25, 0.3) is 0 Å². The Morgan fingerprint density at radius 1 is 1.29 bits per heavy atom. The van der Waals surface area contributed by atoms with Gasteiger partial charge in [0.05, 0.1) is 20.3 Å². The number of carbonyl (C=O) groups is 1. The normalized spacial score (nSPS) is 40.2. The van der Waals surface area contributed by atoms with Crippen LogP contribution in [0.5, 0.6) is 0 Å². The molecule has 0 aromatic carbocycles. The number of hydrogen-bond donors (Lipinski definition) is 0. The second kappa shape index (κ2) is 4.95. The van der Waals surface area contributed by atoms with Crippen LogP contribution in [0.15, 0.2) is 0 Å². The molecule has 0 aromatic rings. The van der Waals surface area contributed by atoms with Crippen molar-refractivity contribution in [2.45, 2.75) is 46.1 Å². The van der Waals surface area contributed by atoms with Crippen molar-refractivity contribution in [1.82, 2.24) is 0 Å². The van der Waals surface area contributed by atoms with E-state index in [9.17, 15) is 4.79 Å². The molecule has 2 bridgehead atoms. The van der Waals surface area contributed by atoms with Crippen molar-refractivity contribution in [1.29, 1.82) is 0 Å². The van der Waals surface area contributed by atoms with E-state index < -0.39 is 0 Å². The number of ether oxygens (including phenoxy) is 2. The van der Waals surface area contributed by atoms with E-state index in [0.29, 0.717) is 17.9 Å². The molecule has 3 aliphatic rings. The minimum absolute atomic E-state index is 0.0195. The van der Waals surface area contributed by atoms with E-state index >= 15 is 0 Å². The molecule has 0 N–H and O–H groups in total. The Balaban J connectivity index is 1.61. The van der Waals surface area contributed by atoms with Gasteiger partial charge in [0, 0.05) is 5.41 Å². The van der Waals surface area contributed by atoms with Crippen molar-refractivity contribution >= 4 is 5.97 Å². The summed E-state index contributed by atoms with van der Waals surface area (Å²) in [5, 5.41) is 0. The van der Waals surface area contributed by atoms with E-state index in [0.717, 1.165) is 37.2 Å². The van der Waals surface area contributed by atoms with Crippen molar-refractivity contribution in [3.8, 4) is 0 Å². The van der Waals surface area contributed by atoms with Gasteiger partial charge in [-0.3, -0.25) is 0 Å². The molecule has 4 heteroatoms. The molecule has 120 valence electrons. The van der Waals surface area contributed by atoms with Crippen LogP contribution in [0.3, 0.4) is 0 Å². The second-order valence-corrected chi connectivity index (χ2v) is 8.43. The predicted molar refractivity (Wildman–Crippen MR) is 80.7 cm³/mol. The van der Waals surface area contributed by atoms with E-state index in [-0.39, 0.29) is 17.5 Å². The maximum absolute atomic E-state index is 12.4. The van der Waals surface area contributed by atoms with Gasteiger partial charge in [-0.2, -0.15) is 0 Å². The molecule has 1 saturated heterocycles. The Morgan fingerprint density at radius 3 is 2.48 bits per heavy atom. The first-order valence-corrected chi connectivity index (χ1v) is 8.38. The van der Waals surface area contributed by atoms with Crippen LogP contribution in [0.1, 0.15) is 40.0 Å². The highest BCUT2D eigenvalue weighted by Crippen LogP contribution is 2.66. The Bertz CT molecular complexity index is 428. The third-order valence-corrected chi connectivity index (χ3v) is 7.05. The third-order valence-electron chi connectivity index (χ3n) is 7.05. The fourth-order valence-corrected chi connectivity index (χ4v) is 4.76. The standard InChI is InChI=1S/C17H30NO3/c1-16(2)13-5-6-17(16,3)14(11-13)21-15(19)12-18(4)7-9-20-10-8-18/h13-14H,5-12H2,1-4H3/q+1/t13-,14-,17-/m0/s1. The lowest BCUT2D eigenvalue weighted by atomic mass is 9.70. The second-order valence-electron chi connectivity index (χ2n) is 8.43. The summed E-state index contributed by atoms with van der Waals surface area (Å²) in [4.78, 5) is 12.4. The van der Waals surface area contributed by atoms with Gasteiger partial charge < -0.3 is 14.0 Å². The molecular weight excluding hydrogens is 266 g/mol. The summed E-state index contributed by atoms with van der Waals surface area (Å²) in [5.74, 6) is 0.697. The van der Waals surface area contributed by atoms with E-state index in [4.69, 9.17) is 9.47 Å². The summed E-state index contributed by atoms with van der Waals surface area (Å²) in [6.07, 6.45) is 3.67. The van der Waals surface area contributed by atoms with Gasteiger partial charge in [0.15, 0.2) is 6.54 Å². The van der Waals surface area contributed by atoms with Gasteiger partial charge in [0.25, 0.3) is 0 Å². The first-order valence-electron chi connectivity index (χ1n) is 8.38. The Labute approximate surface area is 128 Å². The summed E-state index contributed by atoms with van der Waals surface area (Å²) in [6, 6.07) is 0. The first kappa shape index (κ1) is 15.3. The Kier molecular flexibility index (Phi) is 3.61. The molecule has 2 aliphatic carbocycles. The largest absolute Gasteiger partial charge is 0.458 e. The van der Waals surface area contributed by atoms with Crippen LogP contribution in [-0.2, 0) is 14.3 Å². The van der Waals surface area contributed by atoms with E-state index in [1.54, 1.807) is 0 Å². The van der Waals surface area contributed by atoms with Crippen LogP contribution in [0.4, 0.5) is 0 Å². The number of rotatable bonds is 3. The summed E-state index contributed by atoms with van der Waals surface area (Å²) in [7, 11) is 2.14. The molecule has 0 radical (unpaired) electrons. The lowest BCUT2D eigenvalue weighted by molar-refractivity contribution is -0.910. The topological polar surface area (TPSA) is 35.5 Å². The molecule has 0 unspecified atom stereocenters. The SMILES string of the molecule is CC1(C)[C@H]2CC[C@@]1(C)[C@@H](OC(=O)C[N+]1(C)CCOCC1)C2. The van der Waals surface area contributed by atoms with Crippen LogP contribution in [0.2, 0.25) is 0 Å². The third kappa shape index (κ3) is 2.40. The lowest BCUT2D eigenvalue weighted by Crippen LogP contribution is -2.55. The van der Waals surface area contributed by atoms with E-state index in [1.165, 1.54) is 12.8 Å². The van der Waals surface area contributed by atoms with Crippen molar-refractivity contribution in [3.05, 3.63) is 0 Å². The van der Waals surface area contributed by atoms with Gasteiger partial charge in [0.1, 0.15) is 19.2 Å². The maximum Gasteiger partial charge on any atom is 0.362 e. The molecule has 21 heavy (non-hydrogen) atoms. The molecule has 3 fully saturated rings. The molecule has 1 heterocycles. The summed E-state index contributed by atoms with van der Waals surface area (Å²) in [6.45, 7) is 10.8. The average Bonchev–Trinajstić information content (AvgIpc) is 2.72. The number of esters is 1. The van der Waals surface area contributed by atoms with Crippen LogP contribution < -0.4 is 0 Å². The zero-order chi connectivity index (χ0) is 15.3. The first-order chi connectivity index (χ1) is 9.77. The van der Waals surface area contributed by atoms with Crippen LogP contribution >= 0.6 is 0 Å². The van der Waals surface area contributed by atoms with Gasteiger partial charge >= 0.3 is 5.97 Å². The number of morpholine rings is 1.